The van der Waals surface area contributed by atoms with Crippen molar-refractivity contribution in [2.24, 2.45) is 0 Å². The number of aromatic nitrogens is 3. The summed E-state index contributed by atoms with van der Waals surface area (Å²) in [6.45, 7) is 1.10. The van der Waals surface area contributed by atoms with Crippen LogP contribution in [0.5, 0.6) is 0 Å². The summed E-state index contributed by atoms with van der Waals surface area (Å²) < 4.78 is 52.9. The van der Waals surface area contributed by atoms with Crippen LogP contribution >= 0.6 is 0 Å². The van der Waals surface area contributed by atoms with Crippen LogP contribution in [0.4, 0.5) is 33.7 Å². The van der Waals surface area contributed by atoms with Gasteiger partial charge in [-0.15, -0.1) is 0 Å². The molecule has 0 atom stereocenters. The minimum atomic E-state index is -4.25. The second-order valence-electron chi connectivity index (χ2n) is 7.29. The first-order chi connectivity index (χ1) is 14.8. The number of urea groups is 1. The van der Waals surface area contributed by atoms with Gasteiger partial charge in [0.2, 0.25) is 5.78 Å². The monoisotopic (exact) mass is 436 g/mol. The Labute approximate surface area is 175 Å². The number of anilines is 2. The number of carbonyl (C=O) groups is 1. The van der Waals surface area contributed by atoms with Gasteiger partial charge in [0.15, 0.2) is 0 Å². The Bertz CT molecular complexity index is 1090. The van der Waals surface area contributed by atoms with Gasteiger partial charge in [-0.05, 0) is 31.0 Å². The van der Waals surface area contributed by atoms with Crippen molar-refractivity contribution in [2.45, 2.75) is 25.4 Å². The number of imidazole rings is 1. The molecule has 3 aromatic rings. The van der Waals surface area contributed by atoms with Gasteiger partial charge in [-0.25, -0.2) is 19.2 Å². The third kappa shape index (κ3) is 5.04. The van der Waals surface area contributed by atoms with Crippen LogP contribution in [0.25, 0.3) is 17.0 Å². The number of benzene rings is 1. The van der Waals surface area contributed by atoms with E-state index >= 15 is 0 Å². The Kier molecular flexibility index (Phi) is 5.66. The van der Waals surface area contributed by atoms with Gasteiger partial charge in [-0.3, -0.25) is 4.40 Å². The lowest BCUT2D eigenvalue weighted by molar-refractivity contribution is -0.131. The number of amides is 2. The molecular weight excluding hydrogens is 416 g/mol. The van der Waals surface area contributed by atoms with Crippen LogP contribution < -0.4 is 10.6 Å². The predicted octanol–water partition coefficient (Wildman–Crippen LogP) is 4.53. The number of hydrogen-bond acceptors (Lipinski definition) is 4. The van der Waals surface area contributed by atoms with Gasteiger partial charge >= 0.3 is 12.2 Å². The van der Waals surface area contributed by atoms with Crippen LogP contribution in [0.1, 0.15) is 19.3 Å². The minimum Gasteiger partial charge on any atom is -0.382 e. The molecule has 0 radical (unpaired) electrons. The number of rotatable bonds is 5. The van der Waals surface area contributed by atoms with Crippen LogP contribution in [0.3, 0.4) is 0 Å². The minimum absolute atomic E-state index is 0.177. The lowest BCUT2D eigenvalue weighted by atomic mass is 10.1. The highest BCUT2D eigenvalue weighted by Crippen LogP contribution is 2.26. The molecule has 164 valence electrons. The van der Waals surface area contributed by atoms with Crippen molar-refractivity contribution in [3.63, 3.8) is 0 Å². The molecule has 0 unspecified atom stereocenters. The normalized spacial score (nSPS) is 14.3. The zero-order valence-electron chi connectivity index (χ0n) is 16.4. The Morgan fingerprint density at radius 1 is 1.13 bits per heavy atom. The third-order valence-corrected chi connectivity index (χ3v) is 4.93. The van der Waals surface area contributed by atoms with Gasteiger partial charge < -0.3 is 15.5 Å². The number of nitrogens with zero attached hydrogens (tertiary/aromatic N) is 4. The van der Waals surface area contributed by atoms with Crippen molar-refractivity contribution in [3.8, 4) is 11.3 Å². The van der Waals surface area contributed by atoms with Crippen LogP contribution in [-0.4, -0.2) is 51.1 Å². The highest BCUT2D eigenvalue weighted by molar-refractivity contribution is 5.90. The van der Waals surface area contributed by atoms with Crippen LogP contribution in [0.15, 0.2) is 36.8 Å². The summed E-state index contributed by atoms with van der Waals surface area (Å²) in [5.74, 6) is -0.256. The van der Waals surface area contributed by atoms with E-state index in [0.717, 1.165) is 12.8 Å². The van der Waals surface area contributed by atoms with Crippen molar-refractivity contribution in [3.05, 3.63) is 42.6 Å². The fourth-order valence-corrected chi connectivity index (χ4v) is 3.38. The number of halogens is 4. The first-order valence-corrected chi connectivity index (χ1v) is 9.80. The second kappa shape index (κ2) is 8.40. The molecule has 2 amide bonds. The van der Waals surface area contributed by atoms with Crippen LogP contribution in [0, 0.1) is 5.82 Å². The Hall–Kier alpha value is -3.37. The topological polar surface area (TPSA) is 74.6 Å². The average Bonchev–Trinajstić information content (AvgIpc) is 3.38. The zero-order chi connectivity index (χ0) is 22.0. The smallest absolute Gasteiger partial charge is 0.382 e. The zero-order valence-corrected chi connectivity index (χ0v) is 16.4. The van der Waals surface area contributed by atoms with E-state index in [9.17, 15) is 22.4 Å². The van der Waals surface area contributed by atoms with E-state index in [4.69, 9.17) is 0 Å². The molecule has 0 aliphatic carbocycles. The van der Waals surface area contributed by atoms with Gasteiger partial charge in [-0.1, -0.05) is 0 Å². The van der Waals surface area contributed by atoms with Gasteiger partial charge in [0, 0.05) is 43.3 Å². The first kappa shape index (κ1) is 20.9. The van der Waals surface area contributed by atoms with Crippen LogP contribution in [-0.2, 0) is 0 Å². The lowest BCUT2D eigenvalue weighted by Crippen LogP contribution is -2.32. The van der Waals surface area contributed by atoms with Gasteiger partial charge in [0.05, 0.1) is 24.0 Å². The third-order valence-electron chi connectivity index (χ3n) is 4.93. The Balaban J connectivity index is 1.52. The van der Waals surface area contributed by atoms with E-state index in [1.165, 1.54) is 41.2 Å². The highest BCUT2D eigenvalue weighted by Gasteiger charge is 2.26. The predicted molar refractivity (Wildman–Crippen MR) is 107 cm³/mol. The van der Waals surface area contributed by atoms with Crippen molar-refractivity contribution < 1.29 is 22.4 Å². The largest absolute Gasteiger partial charge is 0.390 e. The molecule has 31 heavy (non-hydrogen) atoms. The highest BCUT2D eigenvalue weighted by atomic mass is 19.4. The molecular formula is C20H20F4N6O. The van der Waals surface area contributed by atoms with Crippen molar-refractivity contribution in [1.82, 2.24) is 19.3 Å². The van der Waals surface area contributed by atoms with Gasteiger partial charge in [0.1, 0.15) is 5.82 Å². The van der Waals surface area contributed by atoms with E-state index in [1.807, 2.05) is 0 Å². The number of carbonyl (C=O) groups excluding carboxylic acids is 1. The summed E-state index contributed by atoms with van der Waals surface area (Å²) in [7, 11) is 0. The van der Waals surface area contributed by atoms with Crippen molar-refractivity contribution >= 4 is 23.2 Å². The summed E-state index contributed by atoms with van der Waals surface area (Å²) in [6.07, 6.45) is 1.13. The van der Waals surface area contributed by atoms with Gasteiger partial charge in [0.25, 0.3) is 0 Å². The summed E-state index contributed by atoms with van der Waals surface area (Å²) in [6, 6.07) is 3.98. The first-order valence-electron chi connectivity index (χ1n) is 9.80. The summed E-state index contributed by atoms with van der Waals surface area (Å²) in [5, 5.41) is 5.42. The maximum absolute atomic E-state index is 14.5. The van der Waals surface area contributed by atoms with Gasteiger partial charge in [-0.2, -0.15) is 13.2 Å². The number of likely N-dealkylation sites (tertiary alicyclic amines) is 1. The van der Waals surface area contributed by atoms with E-state index < -0.39 is 18.4 Å². The molecule has 0 spiro atoms. The molecule has 7 nitrogen and oxygen atoms in total. The fourth-order valence-electron chi connectivity index (χ4n) is 3.38. The Morgan fingerprint density at radius 2 is 1.90 bits per heavy atom. The summed E-state index contributed by atoms with van der Waals surface area (Å²) >= 11 is 0. The molecule has 1 aliphatic rings. The van der Waals surface area contributed by atoms with Crippen LogP contribution in [0.2, 0.25) is 0 Å². The van der Waals surface area contributed by atoms with E-state index in [2.05, 4.69) is 20.6 Å². The van der Waals surface area contributed by atoms with Crippen molar-refractivity contribution in [2.75, 3.05) is 30.3 Å². The quantitative estimate of drug-likeness (QED) is 0.577. The molecule has 0 bridgehead atoms. The number of fused-ring (bicyclic) bond motifs is 1. The summed E-state index contributed by atoms with van der Waals surface area (Å²) in [4.78, 5) is 22.4. The summed E-state index contributed by atoms with van der Waals surface area (Å²) in [5.41, 5.74) is 1.28. The molecule has 2 N–H and O–H groups in total. The number of alkyl halides is 3. The lowest BCUT2D eigenvalue weighted by Gasteiger charge is -2.16. The second-order valence-corrected chi connectivity index (χ2v) is 7.29. The molecule has 1 aliphatic heterocycles. The SMILES string of the molecule is O=C(Nc1ccc(F)c(-c2cn3cc(NCCC(F)(F)F)cnc3n2)c1)N1CCCC1. The molecule has 4 rings (SSSR count). The van der Waals surface area contributed by atoms with E-state index in [1.54, 1.807) is 4.90 Å². The average molecular weight is 436 g/mol. The number of hydrogen-bond donors (Lipinski definition) is 2. The maximum atomic E-state index is 14.5. The molecule has 1 saturated heterocycles. The molecule has 0 saturated carbocycles. The van der Waals surface area contributed by atoms with E-state index in [-0.39, 0.29) is 29.6 Å². The molecule has 1 aromatic carbocycles. The Morgan fingerprint density at radius 3 is 2.65 bits per heavy atom. The van der Waals surface area contributed by atoms with E-state index in [0.29, 0.717) is 24.5 Å². The molecule has 11 heteroatoms. The maximum Gasteiger partial charge on any atom is 0.390 e. The molecule has 3 heterocycles. The standard InChI is InChI=1S/C20H20F4N6O/c21-16-4-3-13(27-19(31)29-7-1-2-8-29)9-15(16)17-12-30-11-14(10-26-18(30)28-17)25-6-5-20(22,23)24/h3-4,9-12,25H,1-2,5-8H2,(H,27,31). The van der Waals surface area contributed by atoms with Crippen molar-refractivity contribution in [1.29, 1.82) is 0 Å². The fraction of sp³-hybridized carbons (Fsp3) is 0.350. The molecule has 1 fully saturated rings. The number of nitrogens with one attached hydrogen (secondary N) is 2. The molecule has 2 aromatic heterocycles.